The van der Waals surface area contributed by atoms with Gasteiger partial charge >= 0.3 is 0 Å². The summed E-state index contributed by atoms with van der Waals surface area (Å²) in [5, 5.41) is -0.637. The average Bonchev–Trinajstić information content (AvgIpc) is 3.26. The van der Waals surface area contributed by atoms with Gasteiger partial charge in [-0.05, 0) is 28.7 Å². The number of rotatable bonds is 7. The molecule has 4 rings (SSSR count). The van der Waals surface area contributed by atoms with Gasteiger partial charge in [0.05, 0.1) is 34.4 Å². The number of aromatic nitrogens is 5. The lowest BCUT2D eigenvalue weighted by Gasteiger charge is -2.26. The van der Waals surface area contributed by atoms with E-state index < -0.39 is 27.2 Å². The van der Waals surface area contributed by atoms with Crippen LogP contribution >= 0.6 is 11.6 Å². The molecule has 0 unspecified atom stereocenters. The third-order valence-corrected chi connectivity index (χ3v) is 5.10. The molecule has 2 heterocycles. The average molecular weight is 492 g/mol. The van der Waals surface area contributed by atoms with Gasteiger partial charge in [0.1, 0.15) is 59.5 Å². The van der Waals surface area contributed by atoms with Crippen LogP contribution in [-0.4, -0.2) is 77.1 Å². The van der Waals surface area contributed by atoms with Crippen LogP contribution in [0.15, 0.2) is 30.9 Å². The zero-order valence-corrected chi connectivity index (χ0v) is 19.1. The second-order valence-corrected chi connectivity index (χ2v) is 8.07. The molecule has 2 aromatic heterocycles. The molecule has 0 spiro atoms. The van der Waals surface area contributed by atoms with Crippen molar-refractivity contribution in [2.45, 2.75) is 17.1 Å². The van der Waals surface area contributed by atoms with Crippen LogP contribution in [0.2, 0.25) is 5.02 Å². The van der Waals surface area contributed by atoms with E-state index in [1.807, 2.05) is 0 Å². The predicted octanol–water partition coefficient (Wildman–Crippen LogP) is 0.550. The van der Waals surface area contributed by atoms with Crippen molar-refractivity contribution in [1.82, 2.24) is 24.7 Å². The highest BCUT2D eigenvalue weighted by atomic mass is 35.5. The molecule has 12 radical (unpaired) electrons. The highest BCUT2D eigenvalue weighted by Gasteiger charge is 2.25. The standard InChI is InChI=1S/C19H9B6ClF2N6O2/c20-18(21,22)34-6-32-11(33-34)4-35-16-10(36-19(23,24)25)3-8(15-12(16)17(29)31-5-30-15)7-1-2-9(27)13(26)14(7)28/h1-3,5-6H,4H2,(H2,29,30,31). The van der Waals surface area contributed by atoms with Crippen LogP contribution in [0.25, 0.3) is 22.0 Å². The Morgan fingerprint density at radius 1 is 1.03 bits per heavy atom. The van der Waals surface area contributed by atoms with Gasteiger partial charge in [0.25, 0.3) is 0 Å². The molecule has 0 saturated heterocycles. The van der Waals surface area contributed by atoms with Crippen molar-refractivity contribution in [1.29, 1.82) is 0 Å². The van der Waals surface area contributed by atoms with Gasteiger partial charge in [-0.15, -0.1) is 0 Å². The van der Waals surface area contributed by atoms with Gasteiger partial charge in [-0.3, -0.25) is 4.68 Å². The van der Waals surface area contributed by atoms with E-state index in [0.717, 1.165) is 23.1 Å². The fraction of sp³-hybridized carbons (Fsp3) is 0.158. The number of anilines is 1. The van der Waals surface area contributed by atoms with Gasteiger partial charge < -0.3 is 15.2 Å². The maximum atomic E-state index is 15.0. The SMILES string of the molecule is [B]C([B])([B])Oc1cc(-c2ccc(F)c(Cl)c2F)c2ncnc(N)c2c1OCc1ncn(C([B])([B])[B])n1. The molecule has 0 saturated carbocycles. The second kappa shape index (κ2) is 9.38. The maximum Gasteiger partial charge on any atom is 0.188 e. The number of hydrogen-bond acceptors (Lipinski definition) is 7. The summed E-state index contributed by atoms with van der Waals surface area (Å²) < 4.78 is 41.1. The Bertz CT molecular complexity index is 1460. The van der Waals surface area contributed by atoms with E-state index in [1.165, 1.54) is 12.4 Å². The monoisotopic (exact) mass is 492 g/mol. The van der Waals surface area contributed by atoms with Crippen molar-refractivity contribution < 1.29 is 18.3 Å². The van der Waals surface area contributed by atoms with Crippen molar-refractivity contribution in [3.8, 4) is 22.6 Å². The minimum Gasteiger partial charge on any atom is -0.512 e. The molecule has 0 fully saturated rings. The van der Waals surface area contributed by atoms with Crippen molar-refractivity contribution in [3.63, 3.8) is 0 Å². The molecule has 0 bridgehead atoms. The molecule has 0 atom stereocenters. The van der Waals surface area contributed by atoms with Crippen LogP contribution in [0.1, 0.15) is 5.82 Å². The molecule has 0 amide bonds. The Morgan fingerprint density at radius 2 is 1.75 bits per heavy atom. The lowest BCUT2D eigenvalue weighted by molar-refractivity contribution is 0.258. The van der Waals surface area contributed by atoms with Crippen LogP contribution in [0.4, 0.5) is 14.6 Å². The van der Waals surface area contributed by atoms with Gasteiger partial charge in [0.2, 0.25) is 0 Å². The fourth-order valence-electron chi connectivity index (χ4n) is 3.25. The summed E-state index contributed by atoms with van der Waals surface area (Å²) in [5.41, 5.74) is 6.16. The normalized spacial score (nSPS) is 12.1. The van der Waals surface area contributed by atoms with E-state index in [1.54, 1.807) is 0 Å². The number of nitrogen functional groups attached to an aromatic ring is 1. The maximum absolute atomic E-state index is 15.0. The van der Waals surface area contributed by atoms with Gasteiger partial charge in [-0.25, -0.2) is 23.7 Å². The summed E-state index contributed by atoms with van der Waals surface area (Å²) in [6.07, 6.45) is 2.33. The summed E-state index contributed by atoms with van der Waals surface area (Å²) in [7, 11) is 33.7. The summed E-state index contributed by atoms with van der Waals surface area (Å²) in [6, 6.07) is 3.41. The minimum atomic E-state index is -2.20. The van der Waals surface area contributed by atoms with Crippen LogP contribution < -0.4 is 15.2 Å². The number of benzene rings is 2. The number of nitrogens with two attached hydrogens (primary N) is 1. The van der Waals surface area contributed by atoms with E-state index in [9.17, 15) is 8.78 Å². The number of halogens is 3. The van der Waals surface area contributed by atoms with Crippen LogP contribution in [0.3, 0.4) is 0 Å². The van der Waals surface area contributed by atoms with Crippen molar-refractivity contribution in [3.05, 3.63) is 53.3 Å². The summed E-state index contributed by atoms with van der Waals surface area (Å²) in [5.74, 6) is -2.26. The Labute approximate surface area is 217 Å². The Hall–Kier alpha value is -3.14. The lowest BCUT2D eigenvalue weighted by atomic mass is 9.49. The largest absolute Gasteiger partial charge is 0.512 e. The number of nitrogens with zero attached hydrogens (tertiary/aromatic N) is 5. The third-order valence-electron chi connectivity index (χ3n) is 4.75. The zero-order chi connectivity index (χ0) is 26.4. The van der Waals surface area contributed by atoms with E-state index in [0.29, 0.717) is 0 Å². The fourth-order valence-corrected chi connectivity index (χ4v) is 3.42. The summed E-state index contributed by atoms with van der Waals surface area (Å²) >= 11 is 5.78. The van der Waals surface area contributed by atoms with Crippen LogP contribution in [-0.2, 0) is 11.8 Å². The first-order valence-corrected chi connectivity index (χ1v) is 10.3. The molecule has 166 valence electrons. The Kier molecular flexibility index (Phi) is 6.76. The van der Waals surface area contributed by atoms with E-state index in [-0.39, 0.29) is 51.8 Å². The molecule has 17 heteroatoms. The first kappa shape index (κ1) is 25.9. The topological polar surface area (TPSA) is 101 Å². The van der Waals surface area contributed by atoms with Gasteiger partial charge in [-0.1, -0.05) is 11.6 Å². The van der Waals surface area contributed by atoms with Gasteiger partial charge in [0, 0.05) is 11.1 Å². The van der Waals surface area contributed by atoms with Crippen LogP contribution in [0.5, 0.6) is 11.5 Å². The molecule has 2 aromatic carbocycles. The Balaban J connectivity index is 1.91. The van der Waals surface area contributed by atoms with Crippen molar-refractivity contribution in [2.75, 3.05) is 5.73 Å². The first-order valence-electron chi connectivity index (χ1n) is 9.93. The van der Waals surface area contributed by atoms with E-state index in [4.69, 9.17) is 73.9 Å². The molecule has 0 aliphatic heterocycles. The first-order chi connectivity index (χ1) is 16.8. The molecular weight excluding hydrogens is 483 g/mol. The van der Waals surface area contributed by atoms with Crippen molar-refractivity contribution >= 4 is 75.4 Å². The van der Waals surface area contributed by atoms with E-state index in [2.05, 4.69) is 20.1 Å². The highest BCUT2D eigenvalue weighted by Crippen LogP contribution is 2.45. The smallest absolute Gasteiger partial charge is 0.188 e. The van der Waals surface area contributed by atoms with Crippen molar-refractivity contribution in [2.24, 2.45) is 0 Å². The minimum absolute atomic E-state index is 0.0688. The molecule has 0 aliphatic rings. The molecule has 2 N–H and O–H groups in total. The van der Waals surface area contributed by atoms with Crippen LogP contribution in [0, 0.1) is 11.6 Å². The summed E-state index contributed by atoms with van der Waals surface area (Å²) in [4.78, 5) is 12.2. The molecular formula is C19H9B6ClF2N6O2. The molecule has 0 aliphatic carbocycles. The quantitative estimate of drug-likeness (QED) is 0.298. The third kappa shape index (κ3) is 5.18. The number of fused-ring (bicyclic) bond motifs is 1. The second-order valence-electron chi connectivity index (χ2n) is 7.69. The number of ether oxygens (including phenoxy) is 2. The predicted molar refractivity (Wildman–Crippen MR) is 135 cm³/mol. The van der Waals surface area contributed by atoms with Gasteiger partial charge in [0.15, 0.2) is 23.1 Å². The number of hydrogen-bond donors (Lipinski definition) is 1. The zero-order valence-electron chi connectivity index (χ0n) is 18.3. The highest BCUT2D eigenvalue weighted by molar-refractivity contribution is 6.58. The molecule has 4 aromatic rings. The summed E-state index contributed by atoms with van der Waals surface area (Å²) in [6.45, 7) is -0.286. The lowest BCUT2D eigenvalue weighted by Crippen LogP contribution is -2.37. The van der Waals surface area contributed by atoms with Gasteiger partial charge in [-0.2, -0.15) is 5.10 Å². The molecule has 8 nitrogen and oxygen atoms in total. The molecule has 36 heavy (non-hydrogen) atoms. The van der Waals surface area contributed by atoms with E-state index >= 15 is 0 Å². The Morgan fingerprint density at radius 3 is 2.39 bits per heavy atom.